The van der Waals surface area contributed by atoms with Gasteiger partial charge < -0.3 is 19.7 Å². The summed E-state index contributed by atoms with van der Waals surface area (Å²) in [5.74, 6) is 0.00153. The van der Waals surface area contributed by atoms with Crippen molar-refractivity contribution >= 4 is 28.6 Å². The maximum absolute atomic E-state index is 12.5. The van der Waals surface area contributed by atoms with Gasteiger partial charge in [-0.25, -0.2) is 9.97 Å². The number of aromatic nitrogens is 3. The fraction of sp³-hybridized carbons (Fsp3) is 0.290. The molecule has 0 radical (unpaired) electrons. The molecule has 208 valence electrons. The van der Waals surface area contributed by atoms with Gasteiger partial charge in [-0.1, -0.05) is 18.2 Å². The predicted molar refractivity (Wildman–Crippen MR) is 157 cm³/mol. The van der Waals surface area contributed by atoms with Crippen LogP contribution in [-0.2, 0) is 21.1 Å². The molecule has 0 saturated carbocycles. The second-order valence-corrected chi connectivity index (χ2v) is 10.7. The van der Waals surface area contributed by atoms with Crippen LogP contribution in [0.1, 0.15) is 20.8 Å². The Morgan fingerprint density at radius 2 is 1.85 bits per heavy atom. The molecule has 9 nitrogen and oxygen atoms in total. The molecule has 1 aromatic carbocycles. The number of ether oxygens (including phenoxy) is 2. The van der Waals surface area contributed by atoms with E-state index in [1.807, 2.05) is 99.1 Å². The van der Waals surface area contributed by atoms with E-state index in [1.165, 1.54) is 6.08 Å². The minimum Gasteiger partial charge on any atom is -0.481 e. The van der Waals surface area contributed by atoms with Crippen molar-refractivity contribution in [3.8, 4) is 28.1 Å². The maximum Gasteiger partial charge on any atom is 0.312 e. The van der Waals surface area contributed by atoms with E-state index in [2.05, 4.69) is 10.3 Å². The lowest BCUT2D eigenvalue weighted by Crippen LogP contribution is -2.23. The van der Waals surface area contributed by atoms with Gasteiger partial charge in [-0.15, -0.1) is 0 Å². The van der Waals surface area contributed by atoms with Crippen LogP contribution in [0.4, 0.5) is 5.69 Å². The van der Waals surface area contributed by atoms with Crippen LogP contribution in [-0.4, -0.2) is 59.1 Å². The largest absolute Gasteiger partial charge is 0.481 e. The van der Waals surface area contributed by atoms with Crippen LogP contribution < -0.4 is 10.1 Å². The van der Waals surface area contributed by atoms with E-state index < -0.39 is 5.41 Å². The number of benzene rings is 1. The van der Waals surface area contributed by atoms with E-state index >= 15 is 0 Å². The minimum atomic E-state index is -0.618. The van der Waals surface area contributed by atoms with Crippen molar-refractivity contribution in [3.05, 3.63) is 73.2 Å². The Labute approximate surface area is 234 Å². The first-order valence-electron chi connectivity index (χ1n) is 12.9. The molecule has 0 atom stereocenters. The molecule has 4 rings (SSSR count). The molecule has 4 aromatic rings. The standard InChI is InChI=1S/C31H35N5O4/c1-31(2,3)30(38)40-20-36-19-26(22-12-13-32-28(17-22)39-6)25-16-23(18-33-29(25)36)21-9-7-10-24(15-21)34-27(37)11-8-14-35(4)5/h7-13,15-19H,14,20H2,1-6H3,(H,34,37). The fourth-order valence-electron chi connectivity index (χ4n) is 4.02. The molecule has 40 heavy (non-hydrogen) atoms. The smallest absolute Gasteiger partial charge is 0.312 e. The van der Waals surface area contributed by atoms with Crippen molar-refractivity contribution in [3.63, 3.8) is 0 Å². The Morgan fingerprint density at radius 1 is 1.05 bits per heavy atom. The number of carbonyl (C=O) groups is 2. The minimum absolute atomic E-state index is 0.0318. The lowest BCUT2D eigenvalue weighted by atomic mass is 9.98. The number of methoxy groups -OCH3 is 1. The van der Waals surface area contributed by atoms with E-state index in [9.17, 15) is 9.59 Å². The number of esters is 1. The van der Waals surface area contributed by atoms with Crippen molar-refractivity contribution in [1.82, 2.24) is 19.4 Å². The Morgan fingerprint density at radius 3 is 2.58 bits per heavy atom. The zero-order chi connectivity index (χ0) is 28.9. The molecule has 0 bridgehead atoms. The number of pyridine rings is 2. The van der Waals surface area contributed by atoms with Crippen LogP contribution in [0.3, 0.4) is 0 Å². The van der Waals surface area contributed by atoms with E-state index in [4.69, 9.17) is 14.5 Å². The van der Waals surface area contributed by atoms with E-state index in [1.54, 1.807) is 19.5 Å². The normalized spacial score (nSPS) is 11.8. The van der Waals surface area contributed by atoms with Crippen LogP contribution in [0.25, 0.3) is 33.3 Å². The van der Waals surface area contributed by atoms with Gasteiger partial charge in [0.05, 0.1) is 12.5 Å². The molecule has 0 aliphatic rings. The highest BCUT2D eigenvalue weighted by atomic mass is 16.5. The molecular formula is C31H35N5O4. The van der Waals surface area contributed by atoms with Crippen molar-refractivity contribution in [2.45, 2.75) is 27.5 Å². The van der Waals surface area contributed by atoms with Crippen molar-refractivity contribution in [2.24, 2.45) is 5.41 Å². The topological polar surface area (TPSA) is 98.6 Å². The van der Waals surface area contributed by atoms with Gasteiger partial charge >= 0.3 is 5.97 Å². The summed E-state index contributed by atoms with van der Waals surface area (Å²) in [4.78, 5) is 35.8. The van der Waals surface area contributed by atoms with Gasteiger partial charge in [0.25, 0.3) is 0 Å². The number of amides is 1. The first kappa shape index (κ1) is 28.5. The van der Waals surface area contributed by atoms with E-state index in [0.29, 0.717) is 23.8 Å². The molecular weight excluding hydrogens is 506 g/mol. The third-order valence-electron chi connectivity index (χ3n) is 6.12. The first-order chi connectivity index (χ1) is 19.0. The molecule has 0 saturated heterocycles. The average molecular weight is 542 g/mol. The molecule has 1 amide bonds. The van der Waals surface area contributed by atoms with Crippen LogP contribution in [0, 0.1) is 5.41 Å². The summed E-state index contributed by atoms with van der Waals surface area (Å²) in [6.45, 7) is 6.17. The summed E-state index contributed by atoms with van der Waals surface area (Å²) >= 11 is 0. The van der Waals surface area contributed by atoms with Gasteiger partial charge in [0.2, 0.25) is 11.8 Å². The Hall–Kier alpha value is -4.50. The molecule has 1 N–H and O–H groups in total. The second-order valence-electron chi connectivity index (χ2n) is 10.7. The number of hydrogen-bond acceptors (Lipinski definition) is 7. The van der Waals surface area contributed by atoms with Gasteiger partial charge in [0.15, 0.2) is 6.73 Å². The highest BCUT2D eigenvalue weighted by molar-refractivity contribution is 6.00. The summed E-state index contributed by atoms with van der Waals surface area (Å²) in [6, 6.07) is 13.4. The molecule has 9 heteroatoms. The van der Waals surface area contributed by atoms with E-state index in [-0.39, 0.29) is 18.6 Å². The molecule has 0 aliphatic carbocycles. The van der Waals surface area contributed by atoms with Gasteiger partial charge in [-0.05, 0) is 70.3 Å². The third kappa shape index (κ3) is 6.92. The monoisotopic (exact) mass is 541 g/mol. The Kier molecular flexibility index (Phi) is 8.64. The predicted octanol–water partition coefficient (Wildman–Crippen LogP) is 5.38. The summed E-state index contributed by atoms with van der Waals surface area (Å²) in [6.07, 6.45) is 8.73. The number of nitrogens with one attached hydrogen (secondary N) is 1. The highest BCUT2D eigenvalue weighted by Gasteiger charge is 2.24. The van der Waals surface area contributed by atoms with Gasteiger partial charge in [0, 0.05) is 59.5 Å². The number of fused-ring (bicyclic) bond motifs is 1. The summed E-state index contributed by atoms with van der Waals surface area (Å²) < 4.78 is 12.8. The van der Waals surface area contributed by atoms with Crippen molar-refractivity contribution < 1.29 is 19.1 Å². The maximum atomic E-state index is 12.5. The Bertz CT molecular complexity index is 1550. The lowest BCUT2D eigenvalue weighted by molar-refractivity contribution is -0.156. The first-order valence-corrected chi connectivity index (χ1v) is 12.9. The molecule has 0 fully saturated rings. The SMILES string of the molecule is COc1cc(-c2cn(COC(=O)C(C)(C)C)c3ncc(-c4cccc(NC(=O)C=CCN(C)C)c4)cc23)ccn1. The number of hydrogen-bond donors (Lipinski definition) is 1. The molecule has 0 unspecified atom stereocenters. The number of carbonyl (C=O) groups excluding carboxylic acids is 2. The molecule has 0 aliphatic heterocycles. The fourth-order valence-corrected chi connectivity index (χ4v) is 4.02. The average Bonchev–Trinajstić information content (AvgIpc) is 3.29. The second kappa shape index (κ2) is 12.1. The van der Waals surface area contributed by atoms with Gasteiger partial charge in [-0.2, -0.15) is 0 Å². The summed E-state index contributed by atoms with van der Waals surface area (Å²) in [5, 5.41) is 3.79. The number of rotatable bonds is 9. The molecule has 3 heterocycles. The number of likely N-dealkylation sites (N-methyl/N-ethyl adjacent to an activating group) is 1. The number of anilines is 1. The molecule has 0 spiro atoms. The van der Waals surface area contributed by atoms with Crippen LogP contribution in [0.15, 0.2) is 73.2 Å². The highest BCUT2D eigenvalue weighted by Crippen LogP contribution is 2.34. The van der Waals surface area contributed by atoms with E-state index in [0.717, 1.165) is 27.6 Å². The van der Waals surface area contributed by atoms with Crippen molar-refractivity contribution in [2.75, 3.05) is 33.1 Å². The van der Waals surface area contributed by atoms with Gasteiger partial charge in [-0.3, -0.25) is 14.2 Å². The summed E-state index contributed by atoms with van der Waals surface area (Å²) in [5.41, 5.74) is 4.30. The van der Waals surface area contributed by atoms with Crippen molar-refractivity contribution in [1.29, 1.82) is 0 Å². The zero-order valence-corrected chi connectivity index (χ0v) is 23.8. The zero-order valence-electron chi connectivity index (χ0n) is 23.8. The number of nitrogens with zero attached hydrogens (tertiary/aromatic N) is 4. The third-order valence-corrected chi connectivity index (χ3v) is 6.12. The Balaban J connectivity index is 1.70. The lowest BCUT2D eigenvalue weighted by Gasteiger charge is -2.17. The molecule has 3 aromatic heterocycles. The summed E-state index contributed by atoms with van der Waals surface area (Å²) in [7, 11) is 5.46. The van der Waals surface area contributed by atoms with Gasteiger partial charge in [0.1, 0.15) is 5.65 Å². The quantitative estimate of drug-likeness (QED) is 0.224. The van der Waals surface area contributed by atoms with Crippen LogP contribution in [0.5, 0.6) is 5.88 Å². The van der Waals surface area contributed by atoms with Crippen LogP contribution in [0.2, 0.25) is 0 Å². The van der Waals surface area contributed by atoms with Crippen LogP contribution >= 0.6 is 0 Å².